The molecule has 1 aromatic carbocycles. The second-order valence-electron chi connectivity index (χ2n) is 14.3. The van der Waals surface area contributed by atoms with Crippen LogP contribution in [0.25, 0.3) is 0 Å². The van der Waals surface area contributed by atoms with Crippen LogP contribution in [0.5, 0.6) is 5.75 Å². The van der Waals surface area contributed by atoms with Crippen LogP contribution in [0.1, 0.15) is 80.2 Å². The summed E-state index contributed by atoms with van der Waals surface area (Å²) < 4.78 is 24.2. The average molecular weight is 708 g/mol. The Morgan fingerprint density at radius 3 is 2.30 bits per heavy atom. The fraction of sp³-hybridized carbons (Fsp3) is 0.730. The summed E-state index contributed by atoms with van der Waals surface area (Å²) in [4.78, 5) is 53.9. The fourth-order valence-corrected chi connectivity index (χ4v) is 6.83. The van der Waals surface area contributed by atoms with Gasteiger partial charge in [0.05, 0.1) is 24.4 Å². The lowest BCUT2D eigenvalue weighted by molar-refractivity contribution is -0.295. The first-order chi connectivity index (χ1) is 23.4. The maximum atomic E-state index is 13.9. The number of ether oxygens (including phenoxy) is 4. The van der Waals surface area contributed by atoms with E-state index in [1.807, 2.05) is 39.8 Å². The van der Waals surface area contributed by atoms with E-state index < -0.39 is 71.2 Å². The van der Waals surface area contributed by atoms with Crippen LogP contribution < -0.4 is 10.9 Å². The number of methoxy groups -OCH3 is 1. The molecule has 1 saturated heterocycles. The van der Waals surface area contributed by atoms with Crippen molar-refractivity contribution < 1.29 is 48.3 Å². The lowest BCUT2D eigenvalue weighted by Crippen LogP contribution is -2.60. The zero-order chi connectivity index (χ0) is 37.9. The molecule has 0 aromatic heterocycles. The number of ketones is 3. The number of phenolic OH excluding ortho intramolecular Hbond substituents is 1. The molecule has 50 heavy (non-hydrogen) atoms. The Morgan fingerprint density at radius 2 is 1.74 bits per heavy atom. The van der Waals surface area contributed by atoms with Gasteiger partial charge in [-0.15, -0.1) is 0 Å². The SMILES string of the molecule is CCCOC(=O)C(C)C(=O)C(C)C(OC1OC(C)CC(N(C)C)C1O)C(C)(CC(C)C(NNCc1ccccc1O)C(C)C(=O)C(C)=O)OC. The highest BCUT2D eigenvalue weighted by atomic mass is 16.7. The van der Waals surface area contributed by atoms with E-state index in [0.29, 0.717) is 18.4 Å². The molecule has 1 aliphatic heterocycles. The molecule has 1 aliphatic rings. The Bertz CT molecular complexity index is 1280. The average Bonchev–Trinajstić information content (AvgIpc) is 3.07. The summed E-state index contributed by atoms with van der Waals surface area (Å²) in [5, 5.41) is 21.6. The minimum absolute atomic E-state index is 0.107. The normalized spacial score (nSPS) is 24.3. The molecule has 11 unspecified atom stereocenters. The summed E-state index contributed by atoms with van der Waals surface area (Å²) in [5.41, 5.74) is 5.69. The number of rotatable bonds is 21. The summed E-state index contributed by atoms with van der Waals surface area (Å²) in [5.74, 6) is -5.26. The van der Waals surface area contributed by atoms with Crippen molar-refractivity contribution >= 4 is 23.3 Å². The quantitative estimate of drug-likeness (QED) is 0.0636. The highest BCUT2D eigenvalue weighted by Crippen LogP contribution is 2.37. The van der Waals surface area contributed by atoms with Crippen molar-refractivity contribution in [3.8, 4) is 5.75 Å². The van der Waals surface area contributed by atoms with Gasteiger partial charge >= 0.3 is 5.97 Å². The summed E-state index contributed by atoms with van der Waals surface area (Å²) in [6.45, 7) is 13.9. The third kappa shape index (κ3) is 11.4. The first-order valence-corrected chi connectivity index (χ1v) is 17.6. The van der Waals surface area contributed by atoms with E-state index in [1.165, 1.54) is 21.0 Å². The minimum atomic E-state index is -1.24. The number of hydrogen-bond donors (Lipinski definition) is 4. The van der Waals surface area contributed by atoms with Gasteiger partial charge in [-0.2, -0.15) is 0 Å². The number of phenols is 1. The zero-order valence-electron chi connectivity index (χ0n) is 31.7. The number of aromatic hydroxyl groups is 1. The molecule has 284 valence electrons. The van der Waals surface area contributed by atoms with Gasteiger partial charge in [-0.25, -0.2) is 0 Å². The van der Waals surface area contributed by atoms with Gasteiger partial charge in [-0.05, 0) is 66.1 Å². The summed E-state index contributed by atoms with van der Waals surface area (Å²) in [6.07, 6.45) is -2.10. The smallest absolute Gasteiger partial charge is 0.316 e. The molecule has 2 rings (SSSR count). The molecule has 0 spiro atoms. The van der Waals surface area contributed by atoms with E-state index in [4.69, 9.17) is 18.9 Å². The topological polar surface area (TPSA) is 173 Å². The van der Waals surface area contributed by atoms with Gasteiger partial charge in [-0.3, -0.25) is 30.0 Å². The molecule has 1 aromatic rings. The van der Waals surface area contributed by atoms with Crippen LogP contribution in [0.3, 0.4) is 0 Å². The van der Waals surface area contributed by atoms with Crippen molar-refractivity contribution in [2.24, 2.45) is 23.7 Å². The van der Waals surface area contributed by atoms with E-state index in [9.17, 15) is 29.4 Å². The molecule has 13 heteroatoms. The predicted octanol–water partition coefficient (Wildman–Crippen LogP) is 3.19. The number of carbonyl (C=O) groups is 4. The van der Waals surface area contributed by atoms with Crippen LogP contribution in [-0.2, 0) is 44.7 Å². The molecule has 11 atom stereocenters. The molecule has 0 bridgehead atoms. The maximum Gasteiger partial charge on any atom is 0.316 e. The molecule has 0 aliphatic carbocycles. The number of benzene rings is 1. The Hall–Kier alpha value is -2.78. The van der Waals surface area contributed by atoms with Gasteiger partial charge in [0.15, 0.2) is 17.9 Å². The molecule has 13 nitrogen and oxygen atoms in total. The number of likely N-dealkylation sites (N-methyl/N-ethyl adjacent to an activating group) is 1. The number of nitrogens with one attached hydrogen (secondary N) is 2. The van der Waals surface area contributed by atoms with E-state index in [2.05, 4.69) is 10.9 Å². The Kier molecular flexibility index (Phi) is 17.1. The molecule has 0 radical (unpaired) electrons. The monoisotopic (exact) mass is 707 g/mol. The van der Waals surface area contributed by atoms with Crippen LogP contribution in [0, 0.1) is 23.7 Å². The third-order valence-corrected chi connectivity index (χ3v) is 9.94. The number of aliphatic hydroxyl groups is 1. The van der Waals surface area contributed by atoms with E-state index in [1.54, 1.807) is 45.0 Å². The summed E-state index contributed by atoms with van der Waals surface area (Å²) in [7, 11) is 5.22. The molecule has 1 heterocycles. The van der Waals surface area contributed by atoms with Gasteiger partial charge in [0, 0.05) is 50.1 Å². The van der Waals surface area contributed by atoms with Gasteiger partial charge < -0.3 is 34.1 Å². The van der Waals surface area contributed by atoms with E-state index in [-0.39, 0.29) is 43.4 Å². The van der Waals surface area contributed by atoms with Crippen LogP contribution in [0.2, 0.25) is 0 Å². The van der Waals surface area contributed by atoms with Crippen molar-refractivity contribution in [2.45, 2.75) is 123 Å². The summed E-state index contributed by atoms with van der Waals surface area (Å²) in [6, 6.07) is 5.95. The van der Waals surface area contributed by atoms with E-state index >= 15 is 0 Å². The lowest BCUT2D eigenvalue weighted by atomic mass is 9.75. The molecular weight excluding hydrogens is 646 g/mol. The molecular formula is C37H61N3O10. The second kappa shape index (κ2) is 19.7. The molecule has 4 N–H and O–H groups in total. The number of Topliss-reactive ketones (excluding diaryl/α,β-unsaturated/α-hetero) is 3. The maximum absolute atomic E-state index is 13.9. The van der Waals surface area contributed by atoms with Gasteiger partial charge in [0.1, 0.15) is 17.8 Å². The highest BCUT2D eigenvalue weighted by molar-refractivity contribution is 6.37. The predicted molar refractivity (Wildman–Crippen MR) is 188 cm³/mol. The van der Waals surface area contributed by atoms with Crippen molar-refractivity contribution in [1.29, 1.82) is 0 Å². The third-order valence-electron chi connectivity index (χ3n) is 9.94. The first-order valence-electron chi connectivity index (χ1n) is 17.6. The number of aliphatic hydroxyl groups excluding tert-OH is 1. The largest absolute Gasteiger partial charge is 0.508 e. The lowest BCUT2D eigenvalue weighted by Gasteiger charge is -2.47. The number of carbonyl (C=O) groups excluding carboxylic acids is 4. The van der Waals surface area contributed by atoms with Crippen molar-refractivity contribution in [1.82, 2.24) is 15.8 Å². The number of hydrogen-bond acceptors (Lipinski definition) is 13. The van der Waals surface area contributed by atoms with Gasteiger partial charge in [0.2, 0.25) is 5.78 Å². The minimum Gasteiger partial charge on any atom is -0.508 e. The van der Waals surface area contributed by atoms with Gasteiger partial charge in [0.25, 0.3) is 0 Å². The first kappa shape index (κ1) is 43.4. The van der Waals surface area contributed by atoms with Crippen molar-refractivity contribution in [3.05, 3.63) is 29.8 Å². The number of hydrazine groups is 1. The van der Waals surface area contributed by atoms with Crippen LogP contribution >= 0.6 is 0 Å². The second-order valence-corrected chi connectivity index (χ2v) is 14.3. The van der Waals surface area contributed by atoms with E-state index in [0.717, 1.165) is 0 Å². The Balaban J connectivity index is 2.51. The summed E-state index contributed by atoms with van der Waals surface area (Å²) >= 11 is 0. The molecule has 0 saturated carbocycles. The molecule has 0 amide bonds. The van der Waals surface area contributed by atoms with Crippen LogP contribution in [0.4, 0.5) is 0 Å². The van der Waals surface area contributed by atoms with Crippen molar-refractivity contribution in [2.75, 3.05) is 27.8 Å². The van der Waals surface area contributed by atoms with Crippen LogP contribution in [-0.4, -0.2) is 109 Å². The zero-order valence-corrected chi connectivity index (χ0v) is 31.7. The van der Waals surface area contributed by atoms with Crippen molar-refractivity contribution in [3.63, 3.8) is 0 Å². The standard InChI is InChI=1S/C37H61N3O10/c1-12-17-48-35(46)25(6)31(43)24(5)34(50-36-33(45)28(40(9)10)18-22(3)49-36)37(8,47-11)19-21(2)30(23(4)32(44)26(7)41)39-38-20-27-15-13-14-16-29(27)42/h13-16,21-25,28,30,33-34,36,38-39,42,45H,12,17-20H2,1-11H3. The highest BCUT2D eigenvalue weighted by Gasteiger charge is 2.49. The van der Waals surface area contributed by atoms with Crippen LogP contribution in [0.15, 0.2) is 24.3 Å². The van der Waals surface area contributed by atoms with Gasteiger partial charge in [-0.1, -0.05) is 45.9 Å². The number of nitrogens with zero attached hydrogens (tertiary/aromatic N) is 1. The number of esters is 1. The Morgan fingerprint density at radius 1 is 1.10 bits per heavy atom. The molecule has 1 fully saturated rings. The Labute approximate surface area is 297 Å². The number of para-hydroxylation sites is 1. The fourth-order valence-electron chi connectivity index (χ4n) is 6.83.